The van der Waals surface area contributed by atoms with Crippen molar-refractivity contribution >= 4 is 23.5 Å². The van der Waals surface area contributed by atoms with Gasteiger partial charge in [-0.05, 0) is 30.8 Å². The molecule has 0 saturated carbocycles. The van der Waals surface area contributed by atoms with E-state index < -0.39 is 0 Å². The molecule has 2 rings (SSSR count). The molecule has 1 aliphatic rings. The molecule has 21 heavy (non-hydrogen) atoms. The smallest absolute Gasteiger partial charge is 0.222 e. The number of hydrogen-bond donors (Lipinski definition) is 0. The fourth-order valence-electron chi connectivity index (χ4n) is 2.62. The maximum atomic E-state index is 12.2. The summed E-state index contributed by atoms with van der Waals surface area (Å²) < 4.78 is 0. The van der Waals surface area contributed by atoms with Gasteiger partial charge in [0.25, 0.3) is 0 Å². The number of nitrogens with zero attached hydrogens (tertiary/aromatic N) is 1. The molecular formula is C17H23NO2S. The van der Waals surface area contributed by atoms with Crippen LogP contribution in [0.4, 0.5) is 0 Å². The van der Waals surface area contributed by atoms with Crippen molar-refractivity contribution in [1.29, 1.82) is 0 Å². The number of amides is 1. The number of benzene rings is 1. The lowest BCUT2D eigenvalue weighted by molar-refractivity contribution is -0.132. The first-order valence-corrected chi connectivity index (χ1v) is 8.75. The average molecular weight is 305 g/mol. The van der Waals surface area contributed by atoms with Gasteiger partial charge in [-0.3, -0.25) is 9.59 Å². The van der Waals surface area contributed by atoms with Gasteiger partial charge in [-0.15, -0.1) is 0 Å². The number of ketones is 1. The number of rotatable bonds is 6. The molecule has 1 aliphatic heterocycles. The Kier molecular flexibility index (Phi) is 6.30. The number of thioether (sulfide) groups is 1. The standard InChI is InChI=1S/C17H23NO2S/c1-18(15-10-12-21-13-11-15)17(20)9-5-8-16(19)14-6-3-2-4-7-14/h2-4,6-7,15H,5,8-13H2,1H3. The van der Waals surface area contributed by atoms with Crippen molar-refractivity contribution in [2.45, 2.75) is 38.1 Å². The van der Waals surface area contributed by atoms with Gasteiger partial charge in [0.1, 0.15) is 0 Å². The lowest BCUT2D eigenvalue weighted by Crippen LogP contribution is -2.39. The molecule has 0 unspecified atom stereocenters. The highest BCUT2D eigenvalue weighted by molar-refractivity contribution is 7.99. The van der Waals surface area contributed by atoms with Gasteiger partial charge in [0.15, 0.2) is 5.78 Å². The van der Waals surface area contributed by atoms with Crippen LogP contribution in [0.15, 0.2) is 30.3 Å². The molecule has 0 aromatic heterocycles. The Balaban J connectivity index is 1.72. The first-order chi connectivity index (χ1) is 10.2. The predicted molar refractivity (Wildman–Crippen MR) is 87.7 cm³/mol. The van der Waals surface area contributed by atoms with Crippen LogP contribution >= 0.6 is 11.8 Å². The van der Waals surface area contributed by atoms with Crippen LogP contribution in [-0.4, -0.2) is 41.2 Å². The van der Waals surface area contributed by atoms with Gasteiger partial charge in [0.05, 0.1) is 0 Å². The Hall–Kier alpha value is -1.29. The van der Waals surface area contributed by atoms with E-state index in [0.717, 1.165) is 29.9 Å². The third kappa shape index (κ3) is 4.88. The van der Waals surface area contributed by atoms with Gasteiger partial charge in [-0.2, -0.15) is 11.8 Å². The molecule has 1 amide bonds. The predicted octanol–water partition coefficient (Wildman–Crippen LogP) is 3.39. The van der Waals surface area contributed by atoms with Crippen LogP contribution in [0.25, 0.3) is 0 Å². The number of hydrogen-bond acceptors (Lipinski definition) is 3. The Morgan fingerprint density at radius 3 is 2.48 bits per heavy atom. The number of Topliss-reactive ketones (excluding diaryl/α,β-unsaturated/α-hetero) is 1. The zero-order valence-corrected chi connectivity index (χ0v) is 13.4. The number of carbonyl (C=O) groups excluding carboxylic acids is 2. The summed E-state index contributed by atoms with van der Waals surface area (Å²) in [5.41, 5.74) is 0.739. The Bertz CT molecular complexity index is 469. The summed E-state index contributed by atoms with van der Waals surface area (Å²) in [6.07, 6.45) is 3.74. The van der Waals surface area contributed by atoms with Crippen LogP contribution in [-0.2, 0) is 4.79 Å². The molecule has 1 heterocycles. The second-order valence-corrected chi connectivity index (χ2v) is 6.72. The van der Waals surface area contributed by atoms with Crippen LogP contribution < -0.4 is 0 Å². The fraction of sp³-hybridized carbons (Fsp3) is 0.529. The van der Waals surface area contributed by atoms with E-state index in [1.807, 2.05) is 54.0 Å². The van der Waals surface area contributed by atoms with Gasteiger partial charge in [0.2, 0.25) is 5.91 Å². The number of carbonyl (C=O) groups is 2. The van der Waals surface area contributed by atoms with Crippen molar-refractivity contribution in [3.05, 3.63) is 35.9 Å². The van der Waals surface area contributed by atoms with Crippen molar-refractivity contribution in [1.82, 2.24) is 4.90 Å². The van der Waals surface area contributed by atoms with Gasteiger partial charge in [-0.1, -0.05) is 30.3 Å². The highest BCUT2D eigenvalue weighted by atomic mass is 32.2. The first kappa shape index (κ1) is 16.1. The van der Waals surface area contributed by atoms with Crippen LogP contribution in [0, 0.1) is 0 Å². The van der Waals surface area contributed by atoms with E-state index in [2.05, 4.69) is 0 Å². The minimum absolute atomic E-state index is 0.125. The highest BCUT2D eigenvalue weighted by Gasteiger charge is 2.21. The van der Waals surface area contributed by atoms with E-state index in [-0.39, 0.29) is 11.7 Å². The summed E-state index contributed by atoms with van der Waals surface area (Å²) in [5, 5.41) is 0. The second kappa shape index (κ2) is 8.23. The van der Waals surface area contributed by atoms with Crippen molar-refractivity contribution < 1.29 is 9.59 Å². The Morgan fingerprint density at radius 1 is 1.14 bits per heavy atom. The van der Waals surface area contributed by atoms with E-state index in [1.165, 1.54) is 0 Å². The average Bonchev–Trinajstić information content (AvgIpc) is 2.55. The summed E-state index contributed by atoms with van der Waals surface area (Å²) in [6.45, 7) is 0. The van der Waals surface area contributed by atoms with Gasteiger partial charge in [0, 0.05) is 31.5 Å². The molecular weight excluding hydrogens is 282 g/mol. The Labute approximate surface area is 131 Å². The third-order valence-corrected chi connectivity index (χ3v) is 5.07. The molecule has 0 spiro atoms. The maximum absolute atomic E-state index is 12.2. The molecule has 4 heteroatoms. The molecule has 1 aromatic rings. The minimum Gasteiger partial charge on any atom is -0.343 e. The zero-order chi connectivity index (χ0) is 15.1. The second-order valence-electron chi connectivity index (χ2n) is 5.49. The van der Waals surface area contributed by atoms with Crippen molar-refractivity contribution in [2.24, 2.45) is 0 Å². The van der Waals surface area contributed by atoms with E-state index in [1.54, 1.807) is 0 Å². The molecule has 0 aliphatic carbocycles. The maximum Gasteiger partial charge on any atom is 0.222 e. The Morgan fingerprint density at radius 2 is 1.81 bits per heavy atom. The molecule has 1 saturated heterocycles. The van der Waals surface area contributed by atoms with E-state index >= 15 is 0 Å². The summed E-state index contributed by atoms with van der Waals surface area (Å²) in [5.74, 6) is 2.59. The summed E-state index contributed by atoms with van der Waals surface area (Å²) in [7, 11) is 1.90. The fourth-order valence-corrected chi connectivity index (χ4v) is 3.70. The van der Waals surface area contributed by atoms with Crippen molar-refractivity contribution in [3.63, 3.8) is 0 Å². The molecule has 1 fully saturated rings. The third-order valence-electron chi connectivity index (χ3n) is 4.02. The molecule has 1 aromatic carbocycles. The van der Waals surface area contributed by atoms with Crippen LogP contribution in [0.2, 0.25) is 0 Å². The first-order valence-electron chi connectivity index (χ1n) is 7.60. The van der Waals surface area contributed by atoms with Gasteiger partial charge >= 0.3 is 0 Å². The largest absolute Gasteiger partial charge is 0.343 e. The van der Waals surface area contributed by atoms with Gasteiger partial charge in [-0.25, -0.2) is 0 Å². The highest BCUT2D eigenvalue weighted by Crippen LogP contribution is 2.21. The molecule has 114 valence electrons. The molecule has 0 radical (unpaired) electrons. The molecule has 0 bridgehead atoms. The molecule has 3 nitrogen and oxygen atoms in total. The molecule has 0 atom stereocenters. The van der Waals surface area contributed by atoms with Crippen molar-refractivity contribution in [3.8, 4) is 0 Å². The normalized spacial score (nSPS) is 15.7. The quantitative estimate of drug-likeness (QED) is 0.756. The van der Waals surface area contributed by atoms with Crippen LogP contribution in [0.3, 0.4) is 0 Å². The van der Waals surface area contributed by atoms with Gasteiger partial charge < -0.3 is 4.90 Å². The van der Waals surface area contributed by atoms with Crippen molar-refractivity contribution in [2.75, 3.05) is 18.6 Å². The zero-order valence-electron chi connectivity index (χ0n) is 12.6. The van der Waals surface area contributed by atoms with Crippen LogP contribution in [0.1, 0.15) is 42.5 Å². The summed E-state index contributed by atoms with van der Waals surface area (Å²) in [6, 6.07) is 9.69. The lowest BCUT2D eigenvalue weighted by atomic mass is 10.0. The summed E-state index contributed by atoms with van der Waals surface area (Å²) >= 11 is 1.96. The SMILES string of the molecule is CN(C(=O)CCCC(=O)c1ccccc1)C1CCSCC1. The van der Waals surface area contributed by atoms with E-state index in [0.29, 0.717) is 25.3 Å². The lowest BCUT2D eigenvalue weighted by Gasteiger charge is -2.31. The molecule has 0 N–H and O–H groups in total. The van der Waals surface area contributed by atoms with E-state index in [9.17, 15) is 9.59 Å². The monoisotopic (exact) mass is 305 g/mol. The topological polar surface area (TPSA) is 37.4 Å². The minimum atomic E-state index is 0.125. The summed E-state index contributed by atoms with van der Waals surface area (Å²) in [4.78, 5) is 26.0. The van der Waals surface area contributed by atoms with Crippen LogP contribution in [0.5, 0.6) is 0 Å². The van der Waals surface area contributed by atoms with E-state index in [4.69, 9.17) is 0 Å².